The van der Waals surface area contributed by atoms with Crippen molar-refractivity contribution in [1.29, 1.82) is 0 Å². The largest absolute Gasteiger partial charge is 0.427 e. The van der Waals surface area contributed by atoms with Gasteiger partial charge in [0, 0.05) is 5.69 Å². The third-order valence-corrected chi connectivity index (χ3v) is 2.14. The number of nitrogens with two attached hydrogens (primary N) is 1. The standard InChI is InChI=1S/C11H10N2O/c1-3-7-5-6-8-10(12)9(4-2)14-11(8)13-7/h2,5-6H,3,12H2,1H3. The van der Waals surface area contributed by atoms with Crippen molar-refractivity contribution >= 4 is 16.8 Å². The molecular formula is C11H10N2O. The fraction of sp³-hybridized carbons (Fsp3) is 0.182. The maximum atomic E-state index is 5.76. The van der Waals surface area contributed by atoms with Crippen LogP contribution in [0.15, 0.2) is 16.5 Å². The minimum absolute atomic E-state index is 0.362. The number of pyridine rings is 1. The summed E-state index contributed by atoms with van der Waals surface area (Å²) in [5.74, 6) is 2.75. The second-order valence-electron chi connectivity index (χ2n) is 3.00. The van der Waals surface area contributed by atoms with E-state index in [0.29, 0.717) is 17.2 Å². The fourth-order valence-corrected chi connectivity index (χ4v) is 1.34. The van der Waals surface area contributed by atoms with Gasteiger partial charge in [0.2, 0.25) is 11.5 Å². The lowest BCUT2D eigenvalue weighted by molar-refractivity contribution is 0.589. The zero-order valence-electron chi connectivity index (χ0n) is 7.87. The molecule has 0 aliphatic carbocycles. The van der Waals surface area contributed by atoms with Crippen molar-refractivity contribution in [1.82, 2.24) is 4.98 Å². The van der Waals surface area contributed by atoms with Crippen LogP contribution < -0.4 is 5.73 Å². The summed E-state index contributed by atoms with van der Waals surface area (Å²) < 4.78 is 5.32. The lowest BCUT2D eigenvalue weighted by atomic mass is 10.2. The van der Waals surface area contributed by atoms with Gasteiger partial charge in [0.1, 0.15) is 0 Å². The van der Waals surface area contributed by atoms with Crippen molar-refractivity contribution in [2.75, 3.05) is 5.73 Å². The summed E-state index contributed by atoms with van der Waals surface area (Å²) in [5.41, 5.74) is 7.75. The molecule has 3 heteroatoms. The molecule has 14 heavy (non-hydrogen) atoms. The van der Waals surface area contributed by atoms with E-state index in [1.54, 1.807) is 0 Å². The van der Waals surface area contributed by atoms with E-state index in [4.69, 9.17) is 16.6 Å². The van der Waals surface area contributed by atoms with E-state index in [2.05, 4.69) is 10.9 Å². The maximum absolute atomic E-state index is 5.76. The van der Waals surface area contributed by atoms with Crippen LogP contribution in [0.3, 0.4) is 0 Å². The van der Waals surface area contributed by atoms with Crippen molar-refractivity contribution in [2.45, 2.75) is 13.3 Å². The summed E-state index contributed by atoms with van der Waals surface area (Å²) in [6, 6.07) is 3.81. The monoisotopic (exact) mass is 186 g/mol. The van der Waals surface area contributed by atoms with Gasteiger partial charge in [-0.05, 0) is 24.5 Å². The van der Waals surface area contributed by atoms with Crippen LogP contribution in [-0.2, 0) is 6.42 Å². The van der Waals surface area contributed by atoms with Crippen molar-refractivity contribution in [3.05, 3.63) is 23.6 Å². The number of hydrogen-bond donors (Lipinski definition) is 1. The highest BCUT2D eigenvalue weighted by atomic mass is 16.3. The average molecular weight is 186 g/mol. The van der Waals surface area contributed by atoms with E-state index < -0.39 is 0 Å². The molecule has 0 saturated carbocycles. The van der Waals surface area contributed by atoms with E-state index in [-0.39, 0.29) is 0 Å². The first-order valence-electron chi connectivity index (χ1n) is 4.40. The average Bonchev–Trinajstić information content (AvgIpc) is 2.55. The molecule has 2 heterocycles. The zero-order valence-corrected chi connectivity index (χ0v) is 7.87. The van der Waals surface area contributed by atoms with Crippen LogP contribution in [0.4, 0.5) is 5.69 Å². The maximum Gasteiger partial charge on any atom is 0.230 e. The summed E-state index contributed by atoms with van der Waals surface area (Å²) in [5, 5.41) is 0.787. The highest BCUT2D eigenvalue weighted by Crippen LogP contribution is 2.26. The topological polar surface area (TPSA) is 52.0 Å². The van der Waals surface area contributed by atoms with Gasteiger partial charge in [-0.2, -0.15) is 0 Å². The van der Waals surface area contributed by atoms with Crippen molar-refractivity contribution < 1.29 is 4.42 Å². The van der Waals surface area contributed by atoms with Crippen LogP contribution in [-0.4, -0.2) is 4.98 Å². The second kappa shape index (κ2) is 3.08. The summed E-state index contributed by atoms with van der Waals surface area (Å²) in [6.45, 7) is 2.03. The summed E-state index contributed by atoms with van der Waals surface area (Å²) in [7, 11) is 0. The molecular weight excluding hydrogens is 176 g/mol. The van der Waals surface area contributed by atoms with Gasteiger partial charge in [0.05, 0.1) is 11.1 Å². The first-order valence-corrected chi connectivity index (χ1v) is 4.40. The molecule has 0 aromatic carbocycles. The Morgan fingerprint density at radius 2 is 2.36 bits per heavy atom. The van der Waals surface area contributed by atoms with Gasteiger partial charge in [-0.25, -0.2) is 4.98 Å². The van der Waals surface area contributed by atoms with Crippen molar-refractivity contribution in [3.8, 4) is 12.3 Å². The van der Waals surface area contributed by atoms with Gasteiger partial charge >= 0.3 is 0 Å². The third kappa shape index (κ3) is 1.12. The molecule has 0 bridgehead atoms. The minimum atomic E-state index is 0.362. The zero-order chi connectivity index (χ0) is 10.1. The Kier molecular flexibility index (Phi) is 1.90. The van der Waals surface area contributed by atoms with E-state index >= 15 is 0 Å². The smallest absolute Gasteiger partial charge is 0.230 e. The van der Waals surface area contributed by atoms with Crippen molar-refractivity contribution in [3.63, 3.8) is 0 Å². The minimum Gasteiger partial charge on any atom is -0.427 e. The molecule has 0 saturated heterocycles. The lowest BCUT2D eigenvalue weighted by Crippen LogP contribution is -1.87. The van der Waals surface area contributed by atoms with Gasteiger partial charge < -0.3 is 10.2 Å². The molecule has 0 amide bonds. The number of hydrogen-bond acceptors (Lipinski definition) is 3. The number of terminal acetylenes is 1. The molecule has 0 aliphatic rings. The van der Waals surface area contributed by atoms with Gasteiger partial charge in [0.15, 0.2) is 0 Å². The van der Waals surface area contributed by atoms with E-state index in [0.717, 1.165) is 17.5 Å². The summed E-state index contributed by atoms with van der Waals surface area (Å²) in [6.07, 6.45) is 6.10. The Morgan fingerprint density at radius 3 is 3.00 bits per heavy atom. The molecule has 2 rings (SSSR count). The Bertz CT molecular complexity index is 520. The van der Waals surface area contributed by atoms with Gasteiger partial charge in [-0.3, -0.25) is 0 Å². The number of nitrogens with zero attached hydrogens (tertiary/aromatic N) is 1. The van der Waals surface area contributed by atoms with Crippen LogP contribution in [0.2, 0.25) is 0 Å². The number of rotatable bonds is 1. The molecule has 2 N–H and O–H groups in total. The molecule has 0 fully saturated rings. The Morgan fingerprint density at radius 1 is 1.57 bits per heavy atom. The molecule has 2 aromatic heterocycles. The van der Waals surface area contributed by atoms with E-state index in [1.165, 1.54) is 0 Å². The van der Waals surface area contributed by atoms with E-state index in [1.807, 2.05) is 19.1 Å². The quantitative estimate of drug-likeness (QED) is 0.692. The molecule has 3 nitrogen and oxygen atoms in total. The Hall–Kier alpha value is -1.95. The number of fused-ring (bicyclic) bond motifs is 1. The SMILES string of the molecule is C#Cc1oc2nc(CC)ccc2c1N. The molecule has 0 unspecified atom stereocenters. The van der Waals surface area contributed by atoms with Gasteiger partial charge in [-0.1, -0.05) is 6.92 Å². The predicted molar refractivity (Wildman–Crippen MR) is 55.7 cm³/mol. The molecule has 70 valence electrons. The number of nitrogen functional groups attached to an aromatic ring is 1. The highest BCUT2D eigenvalue weighted by Gasteiger charge is 2.10. The molecule has 2 aromatic rings. The van der Waals surface area contributed by atoms with Crippen molar-refractivity contribution in [2.24, 2.45) is 0 Å². The van der Waals surface area contributed by atoms with Crippen LogP contribution >= 0.6 is 0 Å². The van der Waals surface area contributed by atoms with Crippen LogP contribution in [0.1, 0.15) is 18.4 Å². The molecule has 0 aliphatic heterocycles. The lowest BCUT2D eigenvalue weighted by Gasteiger charge is -1.93. The number of aryl methyl sites for hydroxylation is 1. The van der Waals surface area contributed by atoms with Gasteiger partial charge in [0.25, 0.3) is 0 Å². The summed E-state index contributed by atoms with van der Waals surface area (Å²) >= 11 is 0. The number of anilines is 1. The van der Waals surface area contributed by atoms with Crippen LogP contribution in [0.25, 0.3) is 11.1 Å². The first kappa shape index (κ1) is 8.64. The predicted octanol–water partition coefficient (Wildman–Crippen LogP) is 1.95. The fourth-order valence-electron chi connectivity index (χ4n) is 1.34. The van der Waals surface area contributed by atoms with E-state index in [9.17, 15) is 0 Å². The number of aromatic nitrogens is 1. The number of furan rings is 1. The normalized spacial score (nSPS) is 10.3. The van der Waals surface area contributed by atoms with Crippen LogP contribution in [0.5, 0.6) is 0 Å². The molecule has 0 atom stereocenters. The Balaban J connectivity index is 2.74. The highest BCUT2D eigenvalue weighted by molar-refractivity contribution is 5.90. The van der Waals surface area contributed by atoms with Crippen LogP contribution in [0, 0.1) is 12.3 Å². The Labute approximate surface area is 81.9 Å². The molecule has 0 radical (unpaired) electrons. The molecule has 0 spiro atoms. The first-order chi connectivity index (χ1) is 6.76. The third-order valence-electron chi connectivity index (χ3n) is 2.14. The van der Waals surface area contributed by atoms with Gasteiger partial charge in [-0.15, -0.1) is 6.42 Å². The summed E-state index contributed by atoms with van der Waals surface area (Å²) in [4.78, 5) is 4.28. The second-order valence-corrected chi connectivity index (χ2v) is 3.00.